The van der Waals surface area contributed by atoms with Crippen LogP contribution in [-0.4, -0.2) is 22.5 Å². The molecule has 1 rings (SSSR count). The number of urea groups is 1. The Kier molecular flexibility index (Phi) is 2.88. The molecule has 0 saturated heterocycles. The molecular weight excluding hydrogens is 178 g/mol. The summed E-state index contributed by atoms with van der Waals surface area (Å²) >= 11 is 5.38. The molecule has 0 aliphatic rings. The molecule has 1 aromatic rings. The number of halogens is 1. The second-order valence-corrected chi connectivity index (χ2v) is 2.66. The van der Waals surface area contributed by atoms with E-state index < -0.39 is 0 Å². The molecule has 5 heteroatoms. The van der Waals surface area contributed by atoms with E-state index >= 15 is 0 Å². The van der Waals surface area contributed by atoms with Crippen molar-refractivity contribution in [2.75, 3.05) is 12.4 Å². The van der Waals surface area contributed by atoms with E-state index in [1.807, 2.05) is 0 Å². The highest BCUT2D eigenvalue weighted by atomic mass is 35.5. The number of amides is 2. The van der Waals surface area contributed by atoms with Crippen LogP contribution in [0.15, 0.2) is 24.5 Å². The molecule has 0 saturated carbocycles. The summed E-state index contributed by atoms with van der Waals surface area (Å²) in [6.45, 7) is 0. The van der Waals surface area contributed by atoms with Gasteiger partial charge in [0.1, 0.15) is 0 Å². The van der Waals surface area contributed by atoms with Crippen molar-refractivity contribution in [3.63, 3.8) is 0 Å². The summed E-state index contributed by atoms with van der Waals surface area (Å²) in [5.41, 5.74) is 0.620. The van der Waals surface area contributed by atoms with Gasteiger partial charge in [0.15, 0.2) is 0 Å². The Bertz CT molecular complexity index is 263. The van der Waals surface area contributed by atoms with Crippen LogP contribution in [0, 0.1) is 0 Å². The number of aromatic nitrogens is 1. The molecule has 0 spiro atoms. The van der Waals surface area contributed by atoms with Crippen molar-refractivity contribution in [3.8, 4) is 0 Å². The number of carbonyl (C=O) groups excluding carboxylic acids is 1. The van der Waals surface area contributed by atoms with Gasteiger partial charge in [-0.15, -0.1) is 0 Å². The number of hydrogen-bond acceptors (Lipinski definition) is 2. The molecule has 0 bridgehead atoms. The van der Waals surface area contributed by atoms with E-state index in [0.717, 1.165) is 4.42 Å². The first-order valence-electron chi connectivity index (χ1n) is 3.30. The summed E-state index contributed by atoms with van der Waals surface area (Å²) in [5, 5.41) is 2.53. The predicted octanol–water partition coefficient (Wildman–Crippen LogP) is 1.70. The Hall–Kier alpha value is -1.29. The topological polar surface area (TPSA) is 45.2 Å². The maximum absolute atomic E-state index is 11.0. The fourth-order valence-corrected chi connectivity index (χ4v) is 0.679. The lowest BCUT2D eigenvalue weighted by Crippen LogP contribution is -2.22. The largest absolute Gasteiger partial charge is 0.336 e. The molecule has 1 aromatic heterocycles. The minimum absolute atomic E-state index is 0.385. The molecule has 0 radical (unpaired) electrons. The molecule has 0 atom stereocenters. The smallest absolute Gasteiger partial charge is 0.305 e. The van der Waals surface area contributed by atoms with Gasteiger partial charge >= 0.3 is 6.03 Å². The minimum Gasteiger partial charge on any atom is -0.305 e. The summed E-state index contributed by atoms with van der Waals surface area (Å²) in [6.07, 6.45) is 3.17. The zero-order chi connectivity index (χ0) is 8.97. The number of anilines is 1. The van der Waals surface area contributed by atoms with Crippen LogP contribution in [0.4, 0.5) is 10.5 Å². The molecule has 4 nitrogen and oxygen atoms in total. The van der Waals surface area contributed by atoms with Crippen molar-refractivity contribution >= 4 is 23.5 Å². The van der Waals surface area contributed by atoms with Crippen molar-refractivity contribution in [3.05, 3.63) is 24.5 Å². The Morgan fingerprint density at radius 3 is 3.00 bits per heavy atom. The maximum atomic E-state index is 11.0. The molecule has 2 amide bonds. The Morgan fingerprint density at radius 2 is 2.50 bits per heavy atom. The quantitative estimate of drug-likeness (QED) is 0.677. The lowest BCUT2D eigenvalue weighted by atomic mass is 10.4. The Labute approximate surface area is 75.3 Å². The number of nitrogens with one attached hydrogen (secondary N) is 1. The Morgan fingerprint density at radius 1 is 1.75 bits per heavy atom. The van der Waals surface area contributed by atoms with Gasteiger partial charge in [-0.2, -0.15) is 0 Å². The minimum atomic E-state index is -0.385. The molecular formula is C7H8ClN3O. The van der Waals surface area contributed by atoms with Gasteiger partial charge in [-0.3, -0.25) is 4.98 Å². The van der Waals surface area contributed by atoms with Crippen LogP contribution >= 0.6 is 11.8 Å². The van der Waals surface area contributed by atoms with Crippen molar-refractivity contribution in [2.24, 2.45) is 0 Å². The van der Waals surface area contributed by atoms with Crippen LogP contribution in [0.3, 0.4) is 0 Å². The molecule has 0 aliphatic heterocycles. The highest BCUT2D eigenvalue weighted by Gasteiger charge is 2.04. The van der Waals surface area contributed by atoms with Crippen LogP contribution in [-0.2, 0) is 0 Å². The van der Waals surface area contributed by atoms with E-state index in [1.165, 1.54) is 13.2 Å². The van der Waals surface area contributed by atoms with Gasteiger partial charge in [0, 0.05) is 25.0 Å². The summed E-state index contributed by atoms with van der Waals surface area (Å²) in [7, 11) is 1.45. The van der Waals surface area contributed by atoms with E-state index in [0.29, 0.717) is 5.69 Å². The molecule has 0 aromatic carbocycles. The highest BCUT2D eigenvalue weighted by molar-refractivity contribution is 6.22. The van der Waals surface area contributed by atoms with Gasteiger partial charge in [0.2, 0.25) is 0 Å². The van der Waals surface area contributed by atoms with Crippen LogP contribution < -0.4 is 5.32 Å². The van der Waals surface area contributed by atoms with E-state index in [9.17, 15) is 4.79 Å². The second kappa shape index (κ2) is 3.92. The first kappa shape index (κ1) is 8.80. The summed E-state index contributed by atoms with van der Waals surface area (Å²) in [4.78, 5) is 14.8. The highest BCUT2D eigenvalue weighted by Crippen LogP contribution is 2.04. The van der Waals surface area contributed by atoms with Crippen LogP contribution in [0.25, 0.3) is 0 Å². The van der Waals surface area contributed by atoms with E-state index in [-0.39, 0.29) is 6.03 Å². The molecule has 64 valence electrons. The average Bonchev–Trinajstić information content (AvgIpc) is 2.06. The summed E-state index contributed by atoms with van der Waals surface area (Å²) < 4.78 is 0.938. The van der Waals surface area contributed by atoms with E-state index in [4.69, 9.17) is 11.8 Å². The van der Waals surface area contributed by atoms with Gasteiger partial charge in [0.25, 0.3) is 0 Å². The first-order valence-corrected chi connectivity index (χ1v) is 3.64. The standard InChI is InChI=1S/C7H8ClN3O/c1-11(8)7(12)10-6-3-2-4-9-5-6/h2-5H,1H3,(H,10,12). The number of pyridine rings is 1. The Balaban J connectivity index is 2.59. The van der Waals surface area contributed by atoms with E-state index in [1.54, 1.807) is 18.3 Å². The van der Waals surface area contributed by atoms with E-state index in [2.05, 4.69) is 10.3 Å². The van der Waals surface area contributed by atoms with Gasteiger partial charge in [-0.25, -0.2) is 9.21 Å². The number of nitrogens with zero attached hydrogens (tertiary/aromatic N) is 2. The van der Waals surface area contributed by atoms with Crippen LogP contribution in [0.1, 0.15) is 0 Å². The third kappa shape index (κ3) is 2.39. The molecule has 1 N–H and O–H groups in total. The number of carbonyl (C=O) groups is 1. The molecule has 0 unspecified atom stereocenters. The third-order valence-corrected chi connectivity index (χ3v) is 1.35. The van der Waals surface area contributed by atoms with Crippen molar-refractivity contribution in [1.29, 1.82) is 0 Å². The van der Waals surface area contributed by atoms with Gasteiger partial charge in [-0.1, -0.05) is 0 Å². The maximum Gasteiger partial charge on any atom is 0.336 e. The van der Waals surface area contributed by atoms with Gasteiger partial charge < -0.3 is 5.32 Å². The molecule has 0 fully saturated rings. The van der Waals surface area contributed by atoms with Crippen LogP contribution in [0.5, 0.6) is 0 Å². The monoisotopic (exact) mass is 185 g/mol. The molecule has 12 heavy (non-hydrogen) atoms. The first-order chi connectivity index (χ1) is 5.70. The normalized spacial score (nSPS) is 9.17. The molecule has 1 heterocycles. The van der Waals surface area contributed by atoms with Gasteiger partial charge in [-0.05, 0) is 12.1 Å². The third-order valence-electron chi connectivity index (χ3n) is 1.19. The zero-order valence-corrected chi connectivity index (χ0v) is 7.25. The second-order valence-electron chi connectivity index (χ2n) is 2.15. The lowest BCUT2D eigenvalue weighted by molar-refractivity contribution is 0.241. The number of hydrogen-bond donors (Lipinski definition) is 1. The summed E-state index contributed by atoms with van der Waals surface area (Å²) in [6, 6.07) is 3.07. The van der Waals surface area contributed by atoms with Crippen LogP contribution in [0.2, 0.25) is 0 Å². The zero-order valence-electron chi connectivity index (χ0n) is 6.49. The number of rotatable bonds is 1. The van der Waals surface area contributed by atoms with Crippen molar-refractivity contribution < 1.29 is 4.79 Å². The SMILES string of the molecule is CN(Cl)C(=O)Nc1cccnc1. The summed E-state index contributed by atoms with van der Waals surface area (Å²) in [5.74, 6) is 0. The molecule has 0 aliphatic carbocycles. The fourth-order valence-electron chi connectivity index (χ4n) is 0.637. The van der Waals surface area contributed by atoms with Crippen molar-refractivity contribution in [2.45, 2.75) is 0 Å². The van der Waals surface area contributed by atoms with Crippen molar-refractivity contribution in [1.82, 2.24) is 9.40 Å². The fraction of sp³-hybridized carbons (Fsp3) is 0.143. The van der Waals surface area contributed by atoms with Gasteiger partial charge in [0.05, 0.1) is 11.9 Å². The average molecular weight is 186 g/mol. The predicted molar refractivity (Wildman–Crippen MR) is 46.9 cm³/mol. The lowest BCUT2D eigenvalue weighted by Gasteiger charge is -2.08.